The molecule has 0 radical (unpaired) electrons. The number of nitrogens with zero attached hydrogens (tertiary/aromatic N) is 1. The quantitative estimate of drug-likeness (QED) is 0.658. The Morgan fingerprint density at radius 3 is 2.50 bits per heavy atom. The van der Waals surface area contributed by atoms with Gasteiger partial charge in [-0.3, -0.25) is 4.79 Å². The van der Waals surface area contributed by atoms with Crippen LogP contribution in [0.5, 0.6) is 0 Å². The molecular weight excluding hydrogens is 192 g/mol. The number of nitriles is 1. The smallest absolute Gasteiger partial charge is 0.313 e. The highest BCUT2D eigenvalue weighted by atomic mass is 19.3. The normalized spacial score (nSPS) is 21.9. The van der Waals surface area contributed by atoms with Gasteiger partial charge < -0.3 is 4.74 Å². The van der Waals surface area contributed by atoms with Gasteiger partial charge in [0.1, 0.15) is 0 Å². The van der Waals surface area contributed by atoms with E-state index in [2.05, 4.69) is 4.74 Å². The van der Waals surface area contributed by atoms with Crippen molar-refractivity contribution < 1.29 is 18.3 Å². The van der Waals surface area contributed by atoms with Crippen LogP contribution in [-0.4, -0.2) is 18.5 Å². The maximum Gasteiger partial charge on any atom is 0.313 e. The van der Waals surface area contributed by atoms with E-state index < -0.39 is 30.1 Å². The van der Waals surface area contributed by atoms with Crippen LogP contribution in [0.15, 0.2) is 0 Å². The first-order chi connectivity index (χ1) is 6.46. The molecule has 0 N–H and O–H groups in total. The third-order valence-corrected chi connectivity index (χ3v) is 2.32. The fraction of sp³-hybridized carbons (Fsp3) is 0.778. The van der Waals surface area contributed by atoms with E-state index in [-0.39, 0.29) is 13.0 Å². The van der Waals surface area contributed by atoms with Crippen LogP contribution < -0.4 is 0 Å². The molecule has 0 amide bonds. The molecule has 0 aromatic heterocycles. The molecular formula is C9H11F2NO2. The van der Waals surface area contributed by atoms with E-state index in [0.29, 0.717) is 0 Å². The van der Waals surface area contributed by atoms with Crippen LogP contribution >= 0.6 is 0 Å². The van der Waals surface area contributed by atoms with Gasteiger partial charge in [0.25, 0.3) is 0 Å². The van der Waals surface area contributed by atoms with E-state index in [0.717, 1.165) is 0 Å². The maximum absolute atomic E-state index is 12.6. The van der Waals surface area contributed by atoms with Crippen LogP contribution in [-0.2, 0) is 9.53 Å². The topological polar surface area (TPSA) is 50.1 Å². The van der Waals surface area contributed by atoms with E-state index in [4.69, 9.17) is 5.26 Å². The number of esters is 1. The van der Waals surface area contributed by atoms with Crippen molar-refractivity contribution in [3.8, 4) is 6.07 Å². The summed E-state index contributed by atoms with van der Waals surface area (Å²) in [5.74, 6) is -3.49. The Morgan fingerprint density at radius 1 is 1.57 bits per heavy atom. The molecule has 1 fully saturated rings. The Labute approximate surface area is 80.7 Å². The van der Waals surface area contributed by atoms with Crippen molar-refractivity contribution in [2.75, 3.05) is 6.61 Å². The van der Waals surface area contributed by atoms with Gasteiger partial charge in [-0.2, -0.15) is 5.26 Å². The van der Waals surface area contributed by atoms with Crippen molar-refractivity contribution >= 4 is 5.97 Å². The predicted octanol–water partition coefficient (Wildman–Crippen LogP) is 1.88. The van der Waals surface area contributed by atoms with Crippen LogP contribution in [0.3, 0.4) is 0 Å². The monoisotopic (exact) mass is 203 g/mol. The molecule has 0 aliphatic heterocycles. The first-order valence-electron chi connectivity index (χ1n) is 4.38. The van der Waals surface area contributed by atoms with Crippen molar-refractivity contribution in [3.05, 3.63) is 0 Å². The summed E-state index contributed by atoms with van der Waals surface area (Å²) in [5.41, 5.74) is -1.26. The first kappa shape index (κ1) is 10.9. The van der Waals surface area contributed by atoms with Crippen molar-refractivity contribution in [1.82, 2.24) is 0 Å². The Hall–Kier alpha value is -1.18. The lowest BCUT2D eigenvalue weighted by Gasteiger charge is -2.43. The van der Waals surface area contributed by atoms with Crippen molar-refractivity contribution in [2.45, 2.75) is 32.1 Å². The lowest BCUT2D eigenvalue weighted by Crippen LogP contribution is -2.51. The highest BCUT2D eigenvalue weighted by molar-refractivity contribution is 5.78. The zero-order valence-electron chi connectivity index (χ0n) is 7.85. The number of rotatable bonds is 3. The van der Waals surface area contributed by atoms with Crippen LogP contribution in [0.2, 0.25) is 0 Å². The number of hydrogen-bond donors (Lipinski definition) is 0. The van der Waals surface area contributed by atoms with E-state index >= 15 is 0 Å². The summed E-state index contributed by atoms with van der Waals surface area (Å²) < 4.78 is 30.0. The molecule has 0 unspecified atom stereocenters. The van der Waals surface area contributed by atoms with E-state index in [9.17, 15) is 13.6 Å². The summed E-state index contributed by atoms with van der Waals surface area (Å²) in [6, 6.07) is 1.75. The molecule has 1 saturated carbocycles. The van der Waals surface area contributed by atoms with Crippen LogP contribution in [0.4, 0.5) is 8.78 Å². The molecule has 14 heavy (non-hydrogen) atoms. The van der Waals surface area contributed by atoms with Crippen molar-refractivity contribution in [2.24, 2.45) is 5.41 Å². The molecule has 0 aromatic rings. The van der Waals surface area contributed by atoms with Gasteiger partial charge >= 0.3 is 5.97 Å². The van der Waals surface area contributed by atoms with Gasteiger partial charge in [-0.25, -0.2) is 8.78 Å². The summed E-state index contributed by atoms with van der Waals surface area (Å²) in [6.45, 7) is 1.76. The highest BCUT2D eigenvalue weighted by Crippen LogP contribution is 2.54. The van der Waals surface area contributed by atoms with Gasteiger partial charge in [-0.15, -0.1) is 0 Å². The largest absolute Gasteiger partial charge is 0.466 e. The number of hydrogen-bond acceptors (Lipinski definition) is 3. The molecule has 0 heterocycles. The lowest BCUT2D eigenvalue weighted by atomic mass is 9.64. The Kier molecular flexibility index (Phi) is 2.74. The molecule has 0 saturated heterocycles. The molecule has 3 nitrogen and oxygen atoms in total. The second-order valence-electron chi connectivity index (χ2n) is 3.55. The van der Waals surface area contributed by atoms with E-state index in [1.807, 2.05) is 0 Å². The summed E-state index contributed by atoms with van der Waals surface area (Å²) in [7, 11) is 0. The van der Waals surface area contributed by atoms with Gasteiger partial charge in [-0.05, 0) is 6.92 Å². The third kappa shape index (κ3) is 1.84. The predicted molar refractivity (Wildman–Crippen MR) is 43.5 cm³/mol. The first-order valence-corrected chi connectivity index (χ1v) is 4.38. The summed E-state index contributed by atoms with van der Waals surface area (Å²) in [5, 5.41) is 8.45. The molecule has 0 atom stereocenters. The second kappa shape index (κ2) is 3.52. The average molecular weight is 203 g/mol. The zero-order valence-corrected chi connectivity index (χ0v) is 7.85. The number of ether oxygens (including phenoxy) is 1. The molecule has 0 spiro atoms. The number of halogens is 2. The van der Waals surface area contributed by atoms with Gasteiger partial charge in [0.05, 0.1) is 24.5 Å². The van der Waals surface area contributed by atoms with Gasteiger partial charge in [0.2, 0.25) is 5.92 Å². The standard InChI is InChI=1S/C9H11F2NO2/c1-2-14-7(13)8(3-4-12)5-9(10,11)6-8/h2-3,5-6H2,1H3. The van der Waals surface area contributed by atoms with Gasteiger partial charge in [0, 0.05) is 12.8 Å². The van der Waals surface area contributed by atoms with Gasteiger partial charge in [0.15, 0.2) is 0 Å². The zero-order chi connectivity index (χ0) is 10.8. The van der Waals surface area contributed by atoms with Crippen LogP contribution in [0, 0.1) is 16.7 Å². The highest BCUT2D eigenvalue weighted by Gasteiger charge is 2.61. The number of carbonyl (C=O) groups excluding carboxylic acids is 1. The molecule has 0 aromatic carbocycles. The maximum atomic E-state index is 12.6. The minimum atomic E-state index is -2.82. The van der Waals surface area contributed by atoms with Crippen molar-refractivity contribution in [1.29, 1.82) is 5.26 Å². The summed E-state index contributed by atoms with van der Waals surface area (Å²) in [6.07, 6.45) is -1.32. The number of alkyl halides is 2. The lowest BCUT2D eigenvalue weighted by molar-refractivity contribution is -0.197. The Bertz CT molecular complexity index is 275. The number of carbonyl (C=O) groups is 1. The summed E-state index contributed by atoms with van der Waals surface area (Å²) in [4.78, 5) is 11.3. The molecule has 0 bridgehead atoms. The average Bonchev–Trinajstić information content (AvgIpc) is 2.01. The molecule has 5 heteroatoms. The fourth-order valence-corrected chi connectivity index (χ4v) is 1.72. The summed E-state index contributed by atoms with van der Waals surface area (Å²) >= 11 is 0. The molecule has 1 aliphatic carbocycles. The Morgan fingerprint density at radius 2 is 2.14 bits per heavy atom. The van der Waals surface area contributed by atoms with Crippen molar-refractivity contribution in [3.63, 3.8) is 0 Å². The van der Waals surface area contributed by atoms with Crippen LogP contribution in [0.1, 0.15) is 26.2 Å². The van der Waals surface area contributed by atoms with E-state index in [1.165, 1.54) is 0 Å². The minimum absolute atomic E-state index is 0.150. The SMILES string of the molecule is CCOC(=O)C1(CC#N)CC(F)(F)C1. The fourth-order valence-electron chi connectivity index (χ4n) is 1.72. The molecule has 1 rings (SSSR count). The third-order valence-electron chi connectivity index (χ3n) is 2.32. The Balaban J connectivity index is 2.68. The molecule has 78 valence electrons. The van der Waals surface area contributed by atoms with E-state index in [1.54, 1.807) is 13.0 Å². The van der Waals surface area contributed by atoms with Gasteiger partial charge in [-0.1, -0.05) is 0 Å². The molecule has 1 aliphatic rings. The minimum Gasteiger partial charge on any atom is -0.466 e. The second-order valence-corrected chi connectivity index (χ2v) is 3.55. The van der Waals surface area contributed by atoms with Crippen LogP contribution in [0.25, 0.3) is 0 Å².